The summed E-state index contributed by atoms with van der Waals surface area (Å²) in [5.74, 6) is 0.709. The second-order valence-electron chi connectivity index (χ2n) is 5.35. The fourth-order valence-electron chi connectivity index (χ4n) is 3.38. The first-order valence-electron chi connectivity index (χ1n) is 6.34. The molecule has 1 aromatic carbocycles. The molecule has 0 heterocycles. The number of nitrogens with one attached hydrogen (secondary N) is 1. The van der Waals surface area contributed by atoms with Crippen molar-refractivity contribution in [2.45, 2.75) is 31.7 Å². The summed E-state index contributed by atoms with van der Waals surface area (Å²) in [4.78, 5) is 10.00. The average Bonchev–Trinajstić information content (AvgIpc) is 2.93. The predicted molar refractivity (Wildman–Crippen MR) is 65.9 cm³/mol. The summed E-state index contributed by atoms with van der Waals surface area (Å²) < 4.78 is 13.2. The van der Waals surface area contributed by atoms with Gasteiger partial charge in [-0.3, -0.25) is 10.1 Å². The molecule has 1 N–H and O–H groups in total. The number of benzene rings is 1. The number of rotatable bonds is 3. The van der Waals surface area contributed by atoms with Crippen molar-refractivity contribution in [1.29, 1.82) is 0 Å². The zero-order chi connectivity index (χ0) is 12.7. The van der Waals surface area contributed by atoms with E-state index in [0.29, 0.717) is 17.6 Å². The summed E-state index contributed by atoms with van der Waals surface area (Å²) in [7, 11) is 0. The van der Waals surface area contributed by atoms with Gasteiger partial charge in [0.15, 0.2) is 0 Å². The SMILES string of the molecule is O=[N+]([O-])c1cc(NC2CC3CCC2C3)ccc1F. The summed E-state index contributed by atoms with van der Waals surface area (Å²) in [6, 6.07) is 4.43. The Hall–Kier alpha value is -1.65. The van der Waals surface area contributed by atoms with Gasteiger partial charge in [-0.2, -0.15) is 4.39 Å². The minimum atomic E-state index is -0.779. The minimum Gasteiger partial charge on any atom is -0.382 e. The average molecular weight is 250 g/mol. The molecule has 3 atom stereocenters. The van der Waals surface area contributed by atoms with E-state index in [9.17, 15) is 14.5 Å². The molecule has 3 rings (SSSR count). The molecule has 0 aliphatic heterocycles. The predicted octanol–water partition coefficient (Wildman–Crippen LogP) is 3.33. The first kappa shape index (κ1) is 11.4. The Morgan fingerprint density at radius 3 is 2.78 bits per heavy atom. The van der Waals surface area contributed by atoms with E-state index < -0.39 is 16.4 Å². The number of hydrogen-bond acceptors (Lipinski definition) is 3. The highest BCUT2D eigenvalue weighted by Crippen LogP contribution is 2.45. The van der Waals surface area contributed by atoms with Gasteiger partial charge in [-0.25, -0.2) is 0 Å². The van der Waals surface area contributed by atoms with Crippen LogP contribution in [0.25, 0.3) is 0 Å². The van der Waals surface area contributed by atoms with Crippen molar-refractivity contribution in [3.8, 4) is 0 Å². The molecule has 5 heteroatoms. The van der Waals surface area contributed by atoms with E-state index in [4.69, 9.17) is 0 Å². The number of hydrogen-bond donors (Lipinski definition) is 1. The number of nitro groups is 1. The molecular formula is C13H15FN2O2. The Bertz CT molecular complexity index is 492. The van der Waals surface area contributed by atoms with E-state index in [0.717, 1.165) is 18.4 Å². The van der Waals surface area contributed by atoms with E-state index in [2.05, 4.69) is 5.32 Å². The van der Waals surface area contributed by atoms with Crippen molar-refractivity contribution in [1.82, 2.24) is 0 Å². The van der Waals surface area contributed by atoms with Gasteiger partial charge in [0.05, 0.1) is 4.92 Å². The van der Waals surface area contributed by atoms with Crippen LogP contribution in [-0.2, 0) is 0 Å². The van der Waals surface area contributed by atoms with Gasteiger partial charge in [0.2, 0.25) is 5.82 Å². The first-order chi connectivity index (χ1) is 8.63. The maximum Gasteiger partial charge on any atom is 0.306 e. The summed E-state index contributed by atoms with van der Waals surface area (Å²) in [5, 5.41) is 14.0. The van der Waals surface area contributed by atoms with Crippen LogP contribution in [0.3, 0.4) is 0 Å². The fraction of sp³-hybridized carbons (Fsp3) is 0.538. The Kier molecular flexibility index (Phi) is 2.69. The fourth-order valence-corrected chi connectivity index (χ4v) is 3.38. The van der Waals surface area contributed by atoms with E-state index in [1.807, 2.05) is 0 Å². The van der Waals surface area contributed by atoms with Crippen molar-refractivity contribution >= 4 is 11.4 Å². The zero-order valence-electron chi connectivity index (χ0n) is 9.93. The number of nitrogens with zero attached hydrogens (tertiary/aromatic N) is 1. The van der Waals surface area contributed by atoms with Crippen LogP contribution in [0.2, 0.25) is 0 Å². The van der Waals surface area contributed by atoms with Gasteiger partial charge in [0.1, 0.15) is 0 Å². The topological polar surface area (TPSA) is 55.2 Å². The van der Waals surface area contributed by atoms with Crippen molar-refractivity contribution < 1.29 is 9.31 Å². The van der Waals surface area contributed by atoms with Gasteiger partial charge in [-0.05, 0) is 43.2 Å². The molecule has 2 bridgehead atoms. The third-order valence-corrected chi connectivity index (χ3v) is 4.23. The molecule has 0 amide bonds. The lowest BCUT2D eigenvalue weighted by atomic mass is 9.95. The largest absolute Gasteiger partial charge is 0.382 e. The molecule has 0 spiro atoms. The number of anilines is 1. The standard InChI is InChI=1S/C13H15FN2O2/c14-11-4-3-10(7-13(11)16(17)18)15-12-6-8-1-2-9(12)5-8/h3-4,7-9,12,15H,1-2,5-6H2. The summed E-state index contributed by atoms with van der Waals surface area (Å²) in [5.41, 5.74) is 0.198. The second kappa shape index (κ2) is 4.23. The molecule has 2 aliphatic rings. The van der Waals surface area contributed by atoms with Crippen molar-refractivity contribution in [3.63, 3.8) is 0 Å². The third kappa shape index (κ3) is 1.94. The summed E-state index contributed by atoms with van der Waals surface area (Å²) in [6.45, 7) is 0. The summed E-state index contributed by atoms with van der Waals surface area (Å²) in [6.07, 6.45) is 4.95. The Balaban J connectivity index is 1.77. The van der Waals surface area contributed by atoms with E-state index in [1.165, 1.54) is 25.3 Å². The van der Waals surface area contributed by atoms with Crippen LogP contribution in [0.15, 0.2) is 18.2 Å². The molecule has 0 radical (unpaired) electrons. The highest BCUT2D eigenvalue weighted by molar-refractivity contribution is 5.52. The minimum absolute atomic E-state index is 0.397. The van der Waals surface area contributed by atoms with Gasteiger partial charge in [0.25, 0.3) is 0 Å². The molecule has 0 saturated heterocycles. The lowest BCUT2D eigenvalue weighted by molar-refractivity contribution is -0.387. The van der Waals surface area contributed by atoms with Crippen LogP contribution in [-0.4, -0.2) is 11.0 Å². The van der Waals surface area contributed by atoms with E-state index in [-0.39, 0.29) is 0 Å². The van der Waals surface area contributed by atoms with Crippen molar-refractivity contribution in [2.75, 3.05) is 5.32 Å². The Morgan fingerprint density at radius 1 is 1.33 bits per heavy atom. The van der Waals surface area contributed by atoms with Gasteiger partial charge in [0, 0.05) is 17.8 Å². The van der Waals surface area contributed by atoms with Crippen LogP contribution in [0.4, 0.5) is 15.8 Å². The molecule has 3 unspecified atom stereocenters. The van der Waals surface area contributed by atoms with Crippen molar-refractivity contribution in [3.05, 3.63) is 34.1 Å². The smallest absolute Gasteiger partial charge is 0.306 e. The number of nitro benzene ring substituents is 1. The monoisotopic (exact) mass is 250 g/mol. The normalized spacial score (nSPS) is 29.5. The third-order valence-electron chi connectivity index (χ3n) is 4.23. The van der Waals surface area contributed by atoms with Crippen LogP contribution in [0.1, 0.15) is 25.7 Å². The lowest BCUT2D eigenvalue weighted by Crippen LogP contribution is -2.25. The van der Waals surface area contributed by atoms with E-state index in [1.54, 1.807) is 6.07 Å². The maximum atomic E-state index is 13.2. The van der Waals surface area contributed by atoms with Crippen LogP contribution in [0.5, 0.6) is 0 Å². The highest BCUT2D eigenvalue weighted by Gasteiger charge is 2.39. The second-order valence-corrected chi connectivity index (χ2v) is 5.35. The Labute approximate surface area is 104 Å². The van der Waals surface area contributed by atoms with Gasteiger partial charge >= 0.3 is 5.69 Å². The molecule has 1 aromatic rings. The molecular weight excluding hydrogens is 235 g/mol. The van der Waals surface area contributed by atoms with Gasteiger partial charge < -0.3 is 5.32 Å². The first-order valence-corrected chi connectivity index (χ1v) is 6.34. The van der Waals surface area contributed by atoms with Crippen LogP contribution in [0, 0.1) is 27.8 Å². The Morgan fingerprint density at radius 2 is 2.17 bits per heavy atom. The van der Waals surface area contributed by atoms with Gasteiger partial charge in [-0.1, -0.05) is 6.42 Å². The molecule has 2 saturated carbocycles. The zero-order valence-corrected chi connectivity index (χ0v) is 9.93. The molecule has 2 aliphatic carbocycles. The summed E-state index contributed by atoms with van der Waals surface area (Å²) >= 11 is 0. The molecule has 4 nitrogen and oxygen atoms in total. The lowest BCUT2D eigenvalue weighted by Gasteiger charge is -2.23. The van der Waals surface area contributed by atoms with Crippen LogP contribution < -0.4 is 5.32 Å². The maximum absolute atomic E-state index is 13.2. The molecule has 18 heavy (non-hydrogen) atoms. The number of fused-ring (bicyclic) bond motifs is 2. The van der Waals surface area contributed by atoms with Crippen LogP contribution >= 0.6 is 0 Å². The molecule has 0 aromatic heterocycles. The highest BCUT2D eigenvalue weighted by atomic mass is 19.1. The number of halogens is 1. The molecule has 96 valence electrons. The van der Waals surface area contributed by atoms with E-state index >= 15 is 0 Å². The van der Waals surface area contributed by atoms with Gasteiger partial charge in [-0.15, -0.1) is 0 Å². The quantitative estimate of drug-likeness (QED) is 0.661. The van der Waals surface area contributed by atoms with Crippen molar-refractivity contribution in [2.24, 2.45) is 11.8 Å². The molecule has 2 fully saturated rings.